The van der Waals surface area contributed by atoms with Crippen LogP contribution in [0.3, 0.4) is 0 Å². The number of para-hydroxylation sites is 1. The fourth-order valence-corrected chi connectivity index (χ4v) is 4.22. The molecule has 0 aliphatic rings. The van der Waals surface area contributed by atoms with Crippen molar-refractivity contribution in [1.82, 2.24) is 0 Å². The first kappa shape index (κ1) is 22.2. The van der Waals surface area contributed by atoms with Gasteiger partial charge in [-0.25, -0.2) is 13.2 Å². The summed E-state index contributed by atoms with van der Waals surface area (Å²) in [5.41, 5.74) is 2.95. The number of hydrogen-bond donors (Lipinski definition) is 0. The van der Waals surface area contributed by atoms with Crippen molar-refractivity contribution < 1.29 is 22.7 Å². The Balaban J connectivity index is 1.69. The monoisotopic (exact) mass is 437 g/mol. The van der Waals surface area contributed by atoms with Crippen LogP contribution in [0.1, 0.15) is 31.8 Å². The van der Waals surface area contributed by atoms with Crippen molar-refractivity contribution in [3.05, 3.63) is 95.1 Å². The number of esters is 1. The molecule has 0 N–H and O–H groups in total. The van der Waals surface area contributed by atoms with Crippen molar-refractivity contribution in [1.29, 1.82) is 0 Å². The van der Waals surface area contributed by atoms with Gasteiger partial charge in [0.05, 0.1) is 16.1 Å². The molecule has 0 aromatic heterocycles. The molecule has 0 atom stereocenters. The maximum atomic E-state index is 12.8. The van der Waals surface area contributed by atoms with Crippen LogP contribution in [0.5, 0.6) is 0 Å². The minimum Gasteiger partial charge on any atom is -0.454 e. The van der Waals surface area contributed by atoms with Crippen LogP contribution in [0.2, 0.25) is 0 Å². The average Bonchev–Trinajstić information content (AvgIpc) is 2.79. The lowest BCUT2D eigenvalue weighted by Gasteiger charge is -2.19. The Bertz CT molecular complexity index is 1200. The molecule has 0 unspecified atom stereocenters. The number of Topliss-reactive ketones (excluding diaryl/α,β-unsaturated/α-hetero) is 1. The highest BCUT2D eigenvalue weighted by molar-refractivity contribution is 7.92. The summed E-state index contributed by atoms with van der Waals surface area (Å²) in [7, 11) is -2.31. The molecular formula is C24H23NO5S. The van der Waals surface area contributed by atoms with Crippen LogP contribution in [-0.4, -0.2) is 33.8 Å². The van der Waals surface area contributed by atoms with Gasteiger partial charge in [-0.05, 0) is 61.9 Å². The zero-order valence-electron chi connectivity index (χ0n) is 17.5. The predicted octanol–water partition coefficient (Wildman–Crippen LogP) is 4.17. The summed E-state index contributed by atoms with van der Waals surface area (Å²) in [6.45, 7) is 3.31. The van der Waals surface area contributed by atoms with Gasteiger partial charge >= 0.3 is 5.97 Å². The van der Waals surface area contributed by atoms with Gasteiger partial charge in [0.2, 0.25) is 5.78 Å². The van der Waals surface area contributed by atoms with Gasteiger partial charge < -0.3 is 4.74 Å². The Morgan fingerprint density at radius 2 is 1.55 bits per heavy atom. The molecule has 3 rings (SSSR count). The van der Waals surface area contributed by atoms with Crippen molar-refractivity contribution >= 4 is 27.5 Å². The largest absolute Gasteiger partial charge is 0.454 e. The van der Waals surface area contributed by atoms with E-state index < -0.39 is 16.0 Å². The van der Waals surface area contributed by atoms with E-state index in [-0.39, 0.29) is 22.8 Å². The molecule has 0 fully saturated rings. The summed E-state index contributed by atoms with van der Waals surface area (Å²) in [4.78, 5) is 24.7. The van der Waals surface area contributed by atoms with Gasteiger partial charge in [-0.2, -0.15) is 0 Å². The molecule has 31 heavy (non-hydrogen) atoms. The van der Waals surface area contributed by atoms with E-state index >= 15 is 0 Å². The van der Waals surface area contributed by atoms with Crippen LogP contribution < -0.4 is 4.31 Å². The van der Waals surface area contributed by atoms with Gasteiger partial charge in [-0.3, -0.25) is 9.10 Å². The molecule has 0 bridgehead atoms. The minimum absolute atomic E-state index is 0.0434. The molecule has 7 heteroatoms. The first-order chi connectivity index (χ1) is 14.7. The molecular weight excluding hydrogens is 414 g/mol. The Kier molecular flexibility index (Phi) is 6.56. The lowest BCUT2D eigenvalue weighted by atomic mass is 10.0. The molecule has 0 amide bonds. The number of nitrogens with zero attached hydrogens (tertiary/aromatic N) is 1. The van der Waals surface area contributed by atoms with Crippen LogP contribution in [0.4, 0.5) is 5.69 Å². The molecule has 6 nitrogen and oxygen atoms in total. The molecule has 160 valence electrons. The maximum Gasteiger partial charge on any atom is 0.338 e. The van der Waals surface area contributed by atoms with Crippen molar-refractivity contribution in [2.24, 2.45) is 0 Å². The van der Waals surface area contributed by atoms with E-state index in [0.29, 0.717) is 11.3 Å². The molecule has 0 aliphatic carbocycles. The number of ether oxygens (including phenoxy) is 1. The number of carbonyl (C=O) groups is 2. The second-order valence-electron chi connectivity index (χ2n) is 7.15. The quantitative estimate of drug-likeness (QED) is 0.409. The summed E-state index contributed by atoms with van der Waals surface area (Å²) in [5, 5.41) is 0. The van der Waals surface area contributed by atoms with Crippen LogP contribution in [0.25, 0.3) is 0 Å². The van der Waals surface area contributed by atoms with Crippen LogP contribution >= 0.6 is 0 Å². The SMILES string of the molecule is Cc1ccc(C)c(C(=O)COC(=O)c2ccc(S(=O)(=O)N(C)c3ccccc3)cc2)c1. The highest BCUT2D eigenvalue weighted by atomic mass is 32.2. The molecule has 0 heterocycles. The number of anilines is 1. The molecule has 3 aromatic rings. The Labute approximate surface area is 182 Å². The number of ketones is 1. The van der Waals surface area contributed by atoms with Gasteiger partial charge in [-0.15, -0.1) is 0 Å². The third kappa shape index (κ3) is 5.00. The smallest absolute Gasteiger partial charge is 0.338 e. The second-order valence-corrected chi connectivity index (χ2v) is 9.12. The zero-order chi connectivity index (χ0) is 22.6. The first-order valence-electron chi connectivity index (χ1n) is 9.62. The van der Waals surface area contributed by atoms with E-state index in [1.807, 2.05) is 26.0 Å². The van der Waals surface area contributed by atoms with Gasteiger partial charge in [0.1, 0.15) is 0 Å². The van der Waals surface area contributed by atoms with Gasteiger partial charge in [0.25, 0.3) is 10.0 Å². The van der Waals surface area contributed by atoms with Gasteiger partial charge in [0, 0.05) is 12.6 Å². The summed E-state index contributed by atoms with van der Waals surface area (Å²) < 4.78 is 31.9. The zero-order valence-corrected chi connectivity index (χ0v) is 18.3. The number of aryl methyl sites for hydroxylation is 2. The van der Waals surface area contributed by atoms with E-state index in [2.05, 4.69) is 0 Å². The normalized spacial score (nSPS) is 11.1. The number of carbonyl (C=O) groups excluding carboxylic acids is 2. The predicted molar refractivity (Wildman–Crippen MR) is 119 cm³/mol. The summed E-state index contributed by atoms with van der Waals surface area (Å²) >= 11 is 0. The van der Waals surface area contributed by atoms with Crippen molar-refractivity contribution in [2.75, 3.05) is 18.0 Å². The first-order valence-corrected chi connectivity index (χ1v) is 11.1. The van der Waals surface area contributed by atoms with E-state index in [1.165, 1.54) is 35.6 Å². The lowest BCUT2D eigenvalue weighted by Crippen LogP contribution is -2.26. The average molecular weight is 438 g/mol. The fraction of sp³-hybridized carbons (Fsp3) is 0.167. The number of sulfonamides is 1. The van der Waals surface area contributed by atoms with E-state index in [1.54, 1.807) is 36.4 Å². The van der Waals surface area contributed by atoms with E-state index in [4.69, 9.17) is 4.74 Å². The minimum atomic E-state index is -3.78. The second kappa shape index (κ2) is 9.14. The molecule has 3 aromatic carbocycles. The van der Waals surface area contributed by atoms with E-state index in [0.717, 1.165) is 11.1 Å². The summed E-state index contributed by atoms with van der Waals surface area (Å²) in [6.07, 6.45) is 0. The third-order valence-electron chi connectivity index (χ3n) is 4.90. The number of rotatable bonds is 7. The molecule has 0 spiro atoms. The summed E-state index contributed by atoms with van der Waals surface area (Å²) in [6, 6.07) is 19.6. The van der Waals surface area contributed by atoms with Gasteiger partial charge in [0.15, 0.2) is 6.61 Å². The number of hydrogen-bond acceptors (Lipinski definition) is 5. The van der Waals surface area contributed by atoms with Crippen LogP contribution in [0, 0.1) is 13.8 Å². The topological polar surface area (TPSA) is 80.8 Å². The van der Waals surface area contributed by atoms with Crippen molar-refractivity contribution in [2.45, 2.75) is 18.7 Å². The van der Waals surface area contributed by atoms with Gasteiger partial charge in [-0.1, -0.05) is 35.9 Å². The Hall–Kier alpha value is -3.45. The Morgan fingerprint density at radius 1 is 0.903 bits per heavy atom. The van der Waals surface area contributed by atoms with Crippen LogP contribution in [-0.2, 0) is 14.8 Å². The third-order valence-corrected chi connectivity index (χ3v) is 6.70. The van der Waals surface area contributed by atoms with E-state index in [9.17, 15) is 18.0 Å². The Morgan fingerprint density at radius 3 is 2.19 bits per heavy atom. The van der Waals surface area contributed by atoms with Crippen molar-refractivity contribution in [3.8, 4) is 0 Å². The molecule has 0 saturated carbocycles. The molecule has 0 radical (unpaired) electrons. The standard InChI is InChI=1S/C24H23NO5S/c1-17-9-10-18(2)22(15-17)23(26)16-30-24(27)19-11-13-21(14-12-19)31(28,29)25(3)20-7-5-4-6-8-20/h4-15H,16H2,1-3H3. The van der Waals surface area contributed by atoms with Crippen LogP contribution in [0.15, 0.2) is 77.7 Å². The highest BCUT2D eigenvalue weighted by Gasteiger charge is 2.22. The molecule has 0 aliphatic heterocycles. The molecule has 0 saturated heterocycles. The number of benzene rings is 3. The maximum absolute atomic E-state index is 12.8. The van der Waals surface area contributed by atoms with Crippen molar-refractivity contribution in [3.63, 3.8) is 0 Å². The fourth-order valence-electron chi connectivity index (χ4n) is 3.03. The summed E-state index contributed by atoms with van der Waals surface area (Å²) in [5.74, 6) is -0.989. The highest BCUT2D eigenvalue weighted by Crippen LogP contribution is 2.22. The lowest BCUT2D eigenvalue weighted by molar-refractivity contribution is 0.0474.